The monoisotopic (exact) mass is 312 g/mol. The van der Waals surface area contributed by atoms with Gasteiger partial charge in [-0.1, -0.05) is 42.5 Å². The molecule has 0 saturated carbocycles. The molecule has 120 valence electrons. The summed E-state index contributed by atoms with van der Waals surface area (Å²) in [6, 6.07) is 16.1. The minimum Gasteiger partial charge on any atom is -0.297 e. The molecule has 0 atom stereocenters. The van der Waals surface area contributed by atoms with E-state index in [2.05, 4.69) is 9.80 Å². The zero-order chi connectivity index (χ0) is 16.1. The molecule has 0 aliphatic carbocycles. The first kappa shape index (κ1) is 15.8. The highest BCUT2D eigenvalue weighted by atomic mass is 19.1. The van der Waals surface area contributed by atoms with E-state index in [9.17, 15) is 9.18 Å². The molecule has 1 saturated heterocycles. The highest BCUT2D eigenvalue weighted by Gasteiger charge is 2.19. The van der Waals surface area contributed by atoms with Crippen molar-refractivity contribution < 1.29 is 9.18 Å². The quantitative estimate of drug-likeness (QED) is 0.793. The summed E-state index contributed by atoms with van der Waals surface area (Å²) in [5.41, 5.74) is 1.90. The van der Waals surface area contributed by atoms with E-state index in [-0.39, 0.29) is 11.6 Å². The van der Waals surface area contributed by atoms with E-state index in [0.717, 1.165) is 43.9 Å². The number of carbonyl (C=O) groups is 1. The topological polar surface area (TPSA) is 23.6 Å². The maximum Gasteiger partial charge on any atom is 0.176 e. The van der Waals surface area contributed by atoms with Gasteiger partial charge in [0, 0.05) is 38.3 Å². The van der Waals surface area contributed by atoms with Crippen LogP contribution in [0.15, 0.2) is 54.6 Å². The normalized spacial score (nSPS) is 16.4. The van der Waals surface area contributed by atoms with Crippen LogP contribution >= 0.6 is 0 Å². The third kappa shape index (κ3) is 4.47. The van der Waals surface area contributed by atoms with Crippen LogP contribution in [0.1, 0.15) is 15.9 Å². The summed E-state index contributed by atoms with van der Waals surface area (Å²) < 4.78 is 12.9. The number of ketones is 1. The molecule has 1 heterocycles. The fourth-order valence-electron chi connectivity index (χ4n) is 2.87. The van der Waals surface area contributed by atoms with Crippen LogP contribution in [0.4, 0.5) is 4.39 Å². The molecule has 0 amide bonds. The molecular weight excluding hydrogens is 291 g/mol. The predicted octanol–water partition coefficient (Wildman–Crippen LogP) is 2.83. The Kier molecular flexibility index (Phi) is 5.16. The van der Waals surface area contributed by atoms with E-state index in [1.54, 1.807) is 0 Å². The molecule has 2 aromatic rings. The lowest BCUT2D eigenvalue weighted by atomic mass is 10.1. The van der Waals surface area contributed by atoms with Gasteiger partial charge in [0.05, 0.1) is 6.54 Å². The van der Waals surface area contributed by atoms with E-state index in [0.29, 0.717) is 6.54 Å². The zero-order valence-electron chi connectivity index (χ0n) is 13.1. The standard InChI is InChI=1S/C19H21FN2O/c20-18-8-6-16(7-9-18)14-21-10-12-22(13-11-21)15-19(23)17-4-2-1-3-5-17/h1-9H,10-15H2. The second kappa shape index (κ2) is 7.49. The summed E-state index contributed by atoms with van der Waals surface area (Å²) in [6.45, 7) is 4.95. The lowest BCUT2D eigenvalue weighted by Crippen LogP contribution is -2.47. The van der Waals surface area contributed by atoms with Gasteiger partial charge in [0.2, 0.25) is 0 Å². The van der Waals surface area contributed by atoms with Gasteiger partial charge >= 0.3 is 0 Å². The van der Waals surface area contributed by atoms with Crippen molar-refractivity contribution in [3.8, 4) is 0 Å². The van der Waals surface area contributed by atoms with Crippen molar-refractivity contribution in [2.24, 2.45) is 0 Å². The van der Waals surface area contributed by atoms with Crippen LogP contribution in [0.25, 0.3) is 0 Å². The molecule has 0 bridgehead atoms. The van der Waals surface area contributed by atoms with E-state index < -0.39 is 0 Å². The van der Waals surface area contributed by atoms with Crippen LogP contribution in [-0.2, 0) is 6.54 Å². The number of hydrogen-bond acceptors (Lipinski definition) is 3. The first-order valence-corrected chi connectivity index (χ1v) is 7.98. The van der Waals surface area contributed by atoms with Gasteiger partial charge in [-0.05, 0) is 17.7 Å². The number of benzene rings is 2. The van der Waals surface area contributed by atoms with Crippen LogP contribution < -0.4 is 0 Å². The number of halogens is 1. The van der Waals surface area contributed by atoms with Gasteiger partial charge in [-0.15, -0.1) is 0 Å². The molecule has 0 N–H and O–H groups in total. The smallest absolute Gasteiger partial charge is 0.176 e. The average molecular weight is 312 g/mol. The summed E-state index contributed by atoms with van der Waals surface area (Å²) in [7, 11) is 0. The van der Waals surface area contributed by atoms with E-state index in [1.165, 1.54) is 12.1 Å². The molecule has 0 radical (unpaired) electrons. The van der Waals surface area contributed by atoms with Gasteiger partial charge < -0.3 is 0 Å². The van der Waals surface area contributed by atoms with Crippen LogP contribution in [0.2, 0.25) is 0 Å². The molecule has 0 spiro atoms. The molecule has 1 aliphatic heterocycles. The van der Waals surface area contributed by atoms with Gasteiger partial charge in [0.15, 0.2) is 5.78 Å². The fraction of sp³-hybridized carbons (Fsp3) is 0.316. The molecule has 4 heteroatoms. The molecule has 23 heavy (non-hydrogen) atoms. The van der Waals surface area contributed by atoms with Crippen LogP contribution in [0.5, 0.6) is 0 Å². The van der Waals surface area contributed by atoms with Crippen molar-refractivity contribution >= 4 is 5.78 Å². The fourth-order valence-corrected chi connectivity index (χ4v) is 2.87. The van der Waals surface area contributed by atoms with Gasteiger partial charge in [-0.2, -0.15) is 0 Å². The third-order valence-corrected chi connectivity index (χ3v) is 4.25. The molecule has 3 rings (SSSR count). The number of nitrogens with zero attached hydrogens (tertiary/aromatic N) is 2. The molecule has 0 aromatic heterocycles. The van der Waals surface area contributed by atoms with Crippen LogP contribution in [0.3, 0.4) is 0 Å². The minimum absolute atomic E-state index is 0.178. The Morgan fingerprint density at radius 1 is 0.870 bits per heavy atom. The molecule has 0 unspecified atom stereocenters. The molecule has 3 nitrogen and oxygen atoms in total. The van der Waals surface area contributed by atoms with Gasteiger partial charge in [0.1, 0.15) is 5.82 Å². The van der Waals surface area contributed by atoms with Crippen molar-refractivity contribution in [3.63, 3.8) is 0 Å². The zero-order valence-corrected chi connectivity index (χ0v) is 13.1. The Morgan fingerprint density at radius 3 is 2.13 bits per heavy atom. The number of piperazine rings is 1. The van der Waals surface area contributed by atoms with Crippen molar-refractivity contribution in [2.75, 3.05) is 32.7 Å². The first-order valence-electron chi connectivity index (χ1n) is 7.98. The van der Waals surface area contributed by atoms with Crippen molar-refractivity contribution in [3.05, 3.63) is 71.5 Å². The van der Waals surface area contributed by atoms with Crippen molar-refractivity contribution in [2.45, 2.75) is 6.54 Å². The number of rotatable bonds is 5. The highest BCUT2D eigenvalue weighted by Crippen LogP contribution is 2.10. The second-order valence-corrected chi connectivity index (χ2v) is 5.97. The maximum absolute atomic E-state index is 12.9. The Morgan fingerprint density at radius 2 is 1.48 bits per heavy atom. The predicted molar refractivity (Wildman–Crippen MR) is 88.9 cm³/mol. The SMILES string of the molecule is O=C(CN1CCN(Cc2ccc(F)cc2)CC1)c1ccccc1. The van der Waals surface area contributed by atoms with Crippen molar-refractivity contribution in [1.82, 2.24) is 9.80 Å². The van der Waals surface area contributed by atoms with Crippen molar-refractivity contribution in [1.29, 1.82) is 0 Å². The largest absolute Gasteiger partial charge is 0.297 e. The summed E-state index contributed by atoms with van der Waals surface area (Å²) in [5, 5.41) is 0. The Labute approximate surface area is 136 Å². The molecular formula is C19H21FN2O. The number of Topliss-reactive ketones (excluding diaryl/α,β-unsaturated/α-hetero) is 1. The average Bonchev–Trinajstić information content (AvgIpc) is 2.59. The third-order valence-electron chi connectivity index (χ3n) is 4.25. The first-order chi connectivity index (χ1) is 11.2. The van der Waals surface area contributed by atoms with Gasteiger partial charge in [-0.25, -0.2) is 4.39 Å². The lowest BCUT2D eigenvalue weighted by Gasteiger charge is -2.34. The molecule has 2 aromatic carbocycles. The Bertz CT molecular complexity index is 634. The Balaban J connectivity index is 1.47. The minimum atomic E-state index is -0.196. The van der Waals surface area contributed by atoms with Crippen LogP contribution in [-0.4, -0.2) is 48.3 Å². The van der Waals surface area contributed by atoms with E-state index in [4.69, 9.17) is 0 Å². The van der Waals surface area contributed by atoms with E-state index in [1.807, 2.05) is 42.5 Å². The lowest BCUT2D eigenvalue weighted by molar-refractivity contribution is 0.0844. The van der Waals surface area contributed by atoms with Crippen LogP contribution in [0, 0.1) is 5.82 Å². The molecule has 1 aliphatic rings. The summed E-state index contributed by atoms with van der Waals surface area (Å²) >= 11 is 0. The number of carbonyl (C=O) groups excluding carboxylic acids is 1. The summed E-state index contributed by atoms with van der Waals surface area (Å²) in [4.78, 5) is 16.8. The molecule has 1 fully saturated rings. The summed E-state index contributed by atoms with van der Waals surface area (Å²) in [5.74, 6) is -0.0180. The maximum atomic E-state index is 12.9. The van der Waals surface area contributed by atoms with Gasteiger partial charge in [0.25, 0.3) is 0 Å². The second-order valence-electron chi connectivity index (χ2n) is 5.97. The number of hydrogen-bond donors (Lipinski definition) is 0. The Hall–Kier alpha value is -2.04. The highest BCUT2D eigenvalue weighted by molar-refractivity contribution is 5.97. The summed E-state index contributed by atoms with van der Waals surface area (Å²) in [6.07, 6.45) is 0. The van der Waals surface area contributed by atoms with E-state index >= 15 is 0 Å². The van der Waals surface area contributed by atoms with Gasteiger partial charge in [-0.3, -0.25) is 14.6 Å².